The first-order chi connectivity index (χ1) is 11.4. The summed E-state index contributed by atoms with van der Waals surface area (Å²) >= 11 is 7.45. The van der Waals surface area contributed by atoms with Gasteiger partial charge in [0.1, 0.15) is 10.6 Å². The van der Waals surface area contributed by atoms with Crippen molar-refractivity contribution in [1.29, 1.82) is 0 Å². The molecule has 3 aromatic rings. The molecule has 0 radical (unpaired) electrons. The summed E-state index contributed by atoms with van der Waals surface area (Å²) in [7, 11) is 1.74. The zero-order valence-corrected chi connectivity index (χ0v) is 14.9. The number of nitrogens with one attached hydrogen (secondary N) is 1. The first-order valence-electron chi connectivity index (χ1n) is 7.31. The van der Waals surface area contributed by atoms with Crippen molar-refractivity contribution in [2.45, 2.75) is 19.8 Å². The number of hydrogen-bond acceptors (Lipinski definition) is 5. The Morgan fingerprint density at radius 3 is 2.75 bits per heavy atom. The van der Waals surface area contributed by atoms with Gasteiger partial charge in [-0.3, -0.25) is 14.9 Å². The number of halogens is 1. The number of aryl methyl sites for hydroxylation is 1. The van der Waals surface area contributed by atoms with Gasteiger partial charge in [0.25, 0.3) is 5.91 Å². The van der Waals surface area contributed by atoms with Crippen LogP contribution in [0.3, 0.4) is 0 Å². The van der Waals surface area contributed by atoms with Crippen LogP contribution in [0.1, 0.15) is 35.1 Å². The number of benzene rings is 1. The van der Waals surface area contributed by atoms with Gasteiger partial charge in [-0.15, -0.1) is 10.2 Å². The minimum Gasteiger partial charge on any atom is -0.348 e. The molecular formula is C16H15ClN4O2S. The second-order valence-corrected chi connectivity index (χ2v) is 7.09. The van der Waals surface area contributed by atoms with E-state index in [1.54, 1.807) is 29.8 Å². The van der Waals surface area contributed by atoms with E-state index >= 15 is 0 Å². The number of para-hydroxylation sites is 1. The average molecular weight is 363 g/mol. The molecule has 0 aliphatic rings. The number of carbonyl (C=O) groups excluding carboxylic acids is 1. The van der Waals surface area contributed by atoms with Crippen LogP contribution in [0.2, 0.25) is 5.02 Å². The molecule has 0 aliphatic carbocycles. The molecule has 1 aromatic carbocycles. The first kappa shape index (κ1) is 16.6. The number of fused-ring (bicyclic) bond motifs is 1. The fourth-order valence-corrected chi connectivity index (χ4v) is 3.41. The fraction of sp³-hybridized carbons (Fsp3) is 0.250. The number of pyridine rings is 1. The van der Waals surface area contributed by atoms with Crippen molar-refractivity contribution in [3.8, 4) is 0 Å². The van der Waals surface area contributed by atoms with Crippen molar-refractivity contribution in [2.24, 2.45) is 7.05 Å². The van der Waals surface area contributed by atoms with E-state index in [1.807, 2.05) is 13.8 Å². The molecular weight excluding hydrogens is 348 g/mol. The van der Waals surface area contributed by atoms with Crippen molar-refractivity contribution >= 4 is 44.9 Å². The largest absolute Gasteiger partial charge is 0.348 e. The van der Waals surface area contributed by atoms with Crippen LogP contribution in [-0.4, -0.2) is 20.7 Å². The number of aromatic nitrogens is 3. The molecule has 2 heterocycles. The predicted octanol–water partition coefficient (Wildman–Crippen LogP) is 3.42. The van der Waals surface area contributed by atoms with Gasteiger partial charge in [0, 0.05) is 24.5 Å². The van der Waals surface area contributed by atoms with E-state index < -0.39 is 5.91 Å². The summed E-state index contributed by atoms with van der Waals surface area (Å²) in [6.07, 6.45) is 1.48. The molecule has 0 fully saturated rings. The Bertz CT molecular complexity index is 993. The average Bonchev–Trinajstić information content (AvgIpc) is 2.99. The van der Waals surface area contributed by atoms with Gasteiger partial charge in [-0.05, 0) is 12.1 Å². The van der Waals surface area contributed by atoms with Crippen LogP contribution >= 0.6 is 22.9 Å². The highest BCUT2D eigenvalue weighted by Gasteiger charge is 2.18. The zero-order valence-electron chi connectivity index (χ0n) is 13.3. The second-order valence-electron chi connectivity index (χ2n) is 5.67. The number of carbonyl (C=O) groups is 1. The van der Waals surface area contributed by atoms with Crippen LogP contribution in [-0.2, 0) is 7.05 Å². The molecule has 0 atom stereocenters. The minimum atomic E-state index is -0.510. The van der Waals surface area contributed by atoms with Crippen LogP contribution in [0.4, 0.5) is 5.13 Å². The lowest BCUT2D eigenvalue weighted by molar-refractivity contribution is 0.102. The van der Waals surface area contributed by atoms with Gasteiger partial charge in [-0.2, -0.15) is 0 Å². The van der Waals surface area contributed by atoms with Gasteiger partial charge >= 0.3 is 0 Å². The van der Waals surface area contributed by atoms with Crippen LogP contribution in [0.5, 0.6) is 0 Å². The molecule has 0 spiro atoms. The van der Waals surface area contributed by atoms with Gasteiger partial charge in [0.2, 0.25) is 10.6 Å². The molecule has 0 aliphatic heterocycles. The number of anilines is 1. The maximum absolute atomic E-state index is 12.6. The predicted molar refractivity (Wildman–Crippen MR) is 96.2 cm³/mol. The fourth-order valence-electron chi connectivity index (χ4n) is 2.36. The normalized spacial score (nSPS) is 11.2. The number of nitrogens with zero attached hydrogens (tertiary/aromatic N) is 3. The Labute approximate surface area is 147 Å². The molecule has 6 nitrogen and oxygen atoms in total. The lowest BCUT2D eigenvalue weighted by Gasteiger charge is -2.09. The van der Waals surface area contributed by atoms with Gasteiger partial charge in [0.05, 0.1) is 10.5 Å². The number of hydrogen-bond donors (Lipinski definition) is 1. The minimum absolute atomic E-state index is 0.0357. The Balaban J connectivity index is 2.01. The van der Waals surface area contributed by atoms with Gasteiger partial charge in [-0.1, -0.05) is 42.9 Å². The molecule has 0 saturated carbocycles. The highest BCUT2D eigenvalue weighted by atomic mass is 35.5. The van der Waals surface area contributed by atoms with Crippen molar-refractivity contribution < 1.29 is 4.79 Å². The molecule has 8 heteroatoms. The summed E-state index contributed by atoms with van der Waals surface area (Å²) in [6, 6.07) is 5.05. The van der Waals surface area contributed by atoms with Crippen LogP contribution in [0.15, 0.2) is 29.2 Å². The standard InChI is InChI=1S/C16H15ClN4O2S/c1-8(2)15-19-20-16(24-15)18-14(23)10-7-21(3)12-9(13(10)22)5-4-6-11(12)17/h4-8H,1-3H3,(H,18,20,23). The number of rotatable bonds is 3. The molecule has 3 rings (SSSR count). The Kier molecular flexibility index (Phi) is 4.38. The summed E-state index contributed by atoms with van der Waals surface area (Å²) in [5.41, 5.74) is 0.268. The van der Waals surface area contributed by atoms with Crippen molar-refractivity contribution in [1.82, 2.24) is 14.8 Å². The highest BCUT2D eigenvalue weighted by molar-refractivity contribution is 7.15. The monoisotopic (exact) mass is 362 g/mol. The van der Waals surface area contributed by atoms with Crippen molar-refractivity contribution in [2.75, 3.05) is 5.32 Å². The van der Waals surface area contributed by atoms with Crippen LogP contribution in [0.25, 0.3) is 10.9 Å². The molecule has 2 aromatic heterocycles. The van der Waals surface area contributed by atoms with E-state index in [9.17, 15) is 9.59 Å². The number of amides is 1. The molecule has 124 valence electrons. The summed E-state index contributed by atoms with van der Waals surface area (Å²) in [5, 5.41) is 12.7. The van der Waals surface area contributed by atoms with Gasteiger partial charge in [0.15, 0.2) is 0 Å². The van der Waals surface area contributed by atoms with E-state index in [4.69, 9.17) is 11.6 Å². The van der Waals surface area contributed by atoms with E-state index in [-0.39, 0.29) is 16.9 Å². The molecule has 0 saturated heterocycles. The molecule has 1 amide bonds. The third-order valence-electron chi connectivity index (χ3n) is 3.55. The van der Waals surface area contributed by atoms with Crippen molar-refractivity contribution in [3.63, 3.8) is 0 Å². The van der Waals surface area contributed by atoms with E-state index in [1.165, 1.54) is 17.5 Å². The maximum Gasteiger partial charge on any atom is 0.262 e. The van der Waals surface area contributed by atoms with Gasteiger partial charge < -0.3 is 4.57 Å². The lowest BCUT2D eigenvalue weighted by atomic mass is 10.1. The summed E-state index contributed by atoms with van der Waals surface area (Å²) in [6.45, 7) is 3.99. The highest BCUT2D eigenvalue weighted by Crippen LogP contribution is 2.23. The second kappa shape index (κ2) is 6.33. The molecule has 1 N–H and O–H groups in total. The topological polar surface area (TPSA) is 76.9 Å². The third-order valence-corrected chi connectivity index (χ3v) is 5.00. The lowest BCUT2D eigenvalue weighted by Crippen LogP contribution is -2.23. The summed E-state index contributed by atoms with van der Waals surface area (Å²) in [4.78, 5) is 25.1. The Morgan fingerprint density at radius 1 is 1.33 bits per heavy atom. The molecule has 0 unspecified atom stereocenters. The summed E-state index contributed by atoms with van der Waals surface area (Å²) < 4.78 is 1.67. The van der Waals surface area contributed by atoms with E-state index in [0.717, 1.165) is 5.01 Å². The van der Waals surface area contributed by atoms with Crippen LogP contribution < -0.4 is 10.7 Å². The SMILES string of the molecule is CC(C)c1nnc(NC(=O)c2cn(C)c3c(Cl)cccc3c2=O)s1. The maximum atomic E-state index is 12.6. The third kappa shape index (κ3) is 2.92. The van der Waals surface area contributed by atoms with Crippen LogP contribution in [0, 0.1) is 0 Å². The van der Waals surface area contributed by atoms with E-state index in [2.05, 4.69) is 15.5 Å². The van der Waals surface area contributed by atoms with E-state index in [0.29, 0.717) is 21.1 Å². The molecule has 24 heavy (non-hydrogen) atoms. The Morgan fingerprint density at radius 2 is 2.08 bits per heavy atom. The Hall–Kier alpha value is -2.25. The zero-order chi connectivity index (χ0) is 17.4. The smallest absolute Gasteiger partial charge is 0.262 e. The summed E-state index contributed by atoms with van der Waals surface area (Å²) in [5.74, 6) is -0.284. The first-order valence-corrected chi connectivity index (χ1v) is 8.50. The quantitative estimate of drug-likeness (QED) is 0.774. The molecule has 0 bridgehead atoms. The van der Waals surface area contributed by atoms with Crippen molar-refractivity contribution in [3.05, 3.63) is 50.2 Å². The van der Waals surface area contributed by atoms with Gasteiger partial charge in [-0.25, -0.2) is 0 Å².